The molecule has 0 saturated heterocycles. The first-order valence-electron chi connectivity index (χ1n) is 7.58. The second-order valence-electron chi connectivity index (χ2n) is 5.81. The van der Waals surface area contributed by atoms with Crippen LogP contribution < -0.4 is 10.8 Å². The second-order valence-corrected chi connectivity index (χ2v) is 6.89. The zero-order chi connectivity index (χ0) is 20.6. The van der Waals surface area contributed by atoms with Crippen molar-refractivity contribution in [3.8, 4) is 0 Å². The number of nitro benzene ring substituents is 1. The Balaban J connectivity index is 2.25. The molecule has 0 fully saturated rings. The molecule has 1 amide bonds. The Kier molecular flexibility index (Phi) is 5.68. The van der Waals surface area contributed by atoms with Gasteiger partial charge in [0.15, 0.2) is 0 Å². The van der Waals surface area contributed by atoms with Gasteiger partial charge in [0.05, 0.1) is 28.0 Å². The topological polar surface area (TPSA) is 108 Å². The lowest BCUT2D eigenvalue weighted by atomic mass is 9.95. The SMILES string of the molecule is NOOSc1ccc2c3c(cc([N+](=O)[O-])c2c1)N(C(=O)C(F)(F)F)CC3CCl. The first-order chi connectivity index (χ1) is 13.2. The summed E-state index contributed by atoms with van der Waals surface area (Å²) in [6.45, 7) is -0.325. The molecular weight excluding hydrogens is 427 g/mol. The van der Waals surface area contributed by atoms with Crippen LogP contribution in [0.25, 0.3) is 10.8 Å². The third-order valence-electron chi connectivity index (χ3n) is 4.25. The maximum atomic E-state index is 13.0. The summed E-state index contributed by atoms with van der Waals surface area (Å²) < 4.78 is 43.4. The molecular formula is C15H11ClF3N3O5S. The molecule has 1 aliphatic rings. The van der Waals surface area contributed by atoms with Crippen LogP contribution in [-0.2, 0) is 14.1 Å². The Labute approximate surface area is 164 Å². The first-order valence-corrected chi connectivity index (χ1v) is 8.86. The van der Waals surface area contributed by atoms with Gasteiger partial charge in [0.2, 0.25) is 0 Å². The summed E-state index contributed by atoms with van der Waals surface area (Å²) in [6.07, 6.45) is -5.12. The highest BCUT2D eigenvalue weighted by atomic mass is 35.5. The Morgan fingerprint density at radius 1 is 1.39 bits per heavy atom. The highest BCUT2D eigenvalue weighted by molar-refractivity contribution is 7.94. The minimum atomic E-state index is -5.12. The van der Waals surface area contributed by atoms with Crippen molar-refractivity contribution in [1.29, 1.82) is 0 Å². The number of alkyl halides is 4. The van der Waals surface area contributed by atoms with Crippen molar-refractivity contribution >= 4 is 51.7 Å². The lowest BCUT2D eigenvalue weighted by molar-refractivity contribution is -0.383. The molecule has 1 unspecified atom stereocenters. The fourth-order valence-electron chi connectivity index (χ4n) is 3.19. The number of nitro groups is 1. The summed E-state index contributed by atoms with van der Waals surface area (Å²) in [5.74, 6) is 1.97. The predicted molar refractivity (Wildman–Crippen MR) is 94.7 cm³/mol. The van der Waals surface area contributed by atoms with E-state index in [1.165, 1.54) is 18.2 Å². The number of rotatable bonds is 5. The van der Waals surface area contributed by atoms with Crippen LogP contribution in [0.15, 0.2) is 29.2 Å². The van der Waals surface area contributed by atoms with E-state index < -0.39 is 28.6 Å². The molecule has 2 aromatic rings. The van der Waals surface area contributed by atoms with Gasteiger partial charge < -0.3 is 4.90 Å². The number of amides is 1. The normalized spacial score (nSPS) is 16.5. The van der Waals surface area contributed by atoms with E-state index >= 15 is 0 Å². The summed E-state index contributed by atoms with van der Waals surface area (Å²) in [5, 5.41) is 12.0. The van der Waals surface area contributed by atoms with E-state index in [0.29, 0.717) is 32.8 Å². The Hall–Kier alpha value is -2.12. The Morgan fingerprint density at radius 3 is 2.68 bits per heavy atom. The quantitative estimate of drug-likeness (QED) is 0.249. The van der Waals surface area contributed by atoms with Gasteiger partial charge in [0, 0.05) is 29.3 Å². The van der Waals surface area contributed by atoms with Crippen LogP contribution in [0.5, 0.6) is 0 Å². The molecule has 13 heteroatoms. The molecule has 0 spiro atoms. The second kappa shape index (κ2) is 7.72. The monoisotopic (exact) mass is 437 g/mol. The molecule has 0 bridgehead atoms. The van der Waals surface area contributed by atoms with Crippen molar-refractivity contribution in [3.63, 3.8) is 0 Å². The maximum absolute atomic E-state index is 13.0. The Bertz CT molecular complexity index is 959. The first kappa shape index (κ1) is 20.6. The third-order valence-corrected chi connectivity index (χ3v) is 5.21. The average molecular weight is 438 g/mol. The summed E-state index contributed by atoms with van der Waals surface area (Å²) >= 11 is 6.61. The zero-order valence-corrected chi connectivity index (χ0v) is 15.3. The highest BCUT2D eigenvalue weighted by Crippen LogP contribution is 2.47. The third kappa shape index (κ3) is 3.61. The number of anilines is 1. The van der Waals surface area contributed by atoms with Crippen LogP contribution in [-0.4, -0.2) is 29.4 Å². The summed E-state index contributed by atoms with van der Waals surface area (Å²) in [5.41, 5.74) is -0.282. The molecule has 28 heavy (non-hydrogen) atoms. The summed E-state index contributed by atoms with van der Waals surface area (Å²) in [7, 11) is 0. The van der Waals surface area contributed by atoms with Crippen LogP contribution in [0.3, 0.4) is 0 Å². The smallest absolute Gasteiger partial charge is 0.303 e. The summed E-state index contributed by atoms with van der Waals surface area (Å²) in [4.78, 5) is 27.5. The molecule has 2 aromatic carbocycles. The molecule has 0 radical (unpaired) electrons. The van der Waals surface area contributed by atoms with Crippen molar-refractivity contribution in [2.24, 2.45) is 5.90 Å². The van der Waals surface area contributed by atoms with Gasteiger partial charge in [0.1, 0.15) is 0 Å². The number of hydrogen-bond acceptors (Lipinski definition) is 7. The largest absolute Gasteiger partial charge is 0.471 e. The van der Waals surface area contributed by atoms with Crippen molar-refractivity contribution in [3.05, 3.63) is 39.9 Å². The van der Waals surface area contributed by atoms with E-state index in [1.54, 1.807) is 0 Å². The molecule has 0 aliphatic carbocycles. The molecule has 2 N–H and O–H groups in total. The van der Waals surface area contributed by atoms with Crippen LogP contribution in [0.1, 0.15) is 11.5 Å². The molecule has 8 nitrogen and oxygen atoms in total. The lowest BCUT2D eigenvalue weighted by Crippen LogP contribution is -2.40. The number of benzene rings is 2. The van der Waals surface area contributed by atoms with E-state index in [4.69, 9.17) is 17.5 Å². The highest BCUT2D eigenvalue weighted by Gasteiger charge is 2.47. The van der Waals surface area contributed by atoms with Gasteiger partial charge in [-0.2, -0.15) is 19.1 Å². The van der Waals surface area contributed by atoms with Crippen molar-refractivity contribution in [2.75, 3.05) is 17.3 Å². The van der Waals surface area contributed by atoms with E-state index in [0.717, 1.165) is 6.07 Å². The predicted octanol–water partition coefficient (Wildman–Crippen LogP) is 3.81. The van der Waals surface area contributed by atoms with Gasteiger partial charge in [-0.05, 0) is 23.1 Å². The van der Waals surface area contributed by atoms with Crippen molar-refractivity contribution < 1.29 is 32.2 Å². The van der Waals surface area contributed by atoms with Gasteiger partial charge in [-0.15, -0.1) is 20.9 Å². The number of halogens is 4. The number of non-ortho nitro benzene ring substituents is 1. The van der Waals surface area contributed by atoms with E-state index in [2.05, 4.69) is 9.32 Å². The van der Waals surface area contributed by atoms with E-state index in [-0.39, 0.29) is 23.5 Å². The minimum absolute atomic E-state index is 0.0673. The lowest BCUT2D eigenvalue weighted by Gasteiger charge is -2.19. The number of carbonyl (C=O) groups excluding carboxylic acids is 1. The maximum Gasteiger partial charge on any atom is 0.471 e. The van der Waals surface area contributed by atoms with Gasteiger partial charge in [-0.25, -0.2) is 0 Å². The number of hydrogen-bond donors (Lipinski definition) is 1. The van der Waals surface area contributed by atoms with Crippen LogP contribution in [0.4, 0.5) is 24.5 Å². The number of carbonyl (C=O) groups is 1. The van der Waals surface area contributed by atoms with Crippen LogP contribution in [0.2, 0.25) is 0 Å². The van der Waals surface area contributed by atoms with Crippen LogP contribution >= 0.6 is 23.6 Å². The number of fused-ring (bicyclic) bond motifs is 3. The average Bonchev–Trinajstić information content (AvgIpc) is 3.02. The fourth-order valence-corrected chi connectivity index (χ4v) is 3.85. The summed E-state index contributed by atoms with van der Waals surface area (Å²) in [6, 6.07) is 5.39. The van der Waals surface area contributed by atoms with Crippen molar-refractivity contribution in [2.45, 2.75) is 17.0 Å². The van der Waals surface area contributed by atoms with E-state index in [9.17, 15) is 28.1 Å². The van der Waals surface area contributed by atoms with E-state index in [1.807, 2.05) is 0 Å². The van der Waals surface area contributed by atoms with Gasteiger partial charge in [-0.1, -0.05) is 6.07 Å². The van der Waals surface area contributed by atoms with Gasteiger partial charge in [-0.3, -0.25) is 14.9 Å². The van der Waals surface area contributed by atoms with Gasteiger partial charge >= 0.3 is 12.1 Å². The zero-order valence-electron chi connectivity index (χ0n) is 13.7. The molecule has 3 rings (SSSR count). The molecule has 0 saturated carbocycles. The molecule has 0 aromatic heterocycles. The number of nitrogens with two attached hydrogens (primary N) is 1. The van der Waals surface area contributed by atoms with Gasteiger partial charge in [0.25, 0.3) is 5.69 Å². The fraction of sp³-hybridized carbons (Fsp3) is 0.267. The molecule has 1 atom stereocenters. The Morgan fingerprint density at radius 2 is 2.11 bits per heavy atom. The molecule has 1 aliphatic heterocycles. The molecule has 1 heterocycles. The van der Waals surface area contributed by atoms with Crippen molar-refractivity contribution in [1.82, 2.24) is 0 Å². The minimum Gasteiger partial charge on any atom is -0.303 e. The van der Waals surface area contributed by atoms with Crippen LogP contribution in [0, 0.1) is 10.1 Å². The molecule has 150 valence electrons. The number of nitrogens with zero attached hydrogens (tertiary/aromatic N) is 2. The standard InChI is InChI=1S/C15H11ClF3N3O5S/c16-5-7-6-21(14(23)15(17,18)19)12-4-11(22(24)25)10-3-8(28-27-26-20)1-2-9(10)13(7)12/h1-4,7H,5-6,20H2.